The Morgan fingerprint density at radius 2 is 2.24 bits per heavy atom. The molecule has 0 aromatic heterocycles. The number of carbonyl (C=O) groups excluding carboxylic acids is 3. The van der Waals surface area contributed by atoms with Crippen LogP contribution in [0.15, 0.2) is 35.2 Å². The van der Waals surface area contributed by atoms with Gasteiger partial charge in [0, 0.05) is 16.7 Å². The van der Waals surface area contributed by atoms with Crippen LogP contribution in [0.4, 0.5) is 0 Å². The van der Waals surface area contributed by atoms with Crippen LogP contribution in [0.25, 0.3) is 0 Å². The van der Waals surface area contributed by atoms with Gasteiger partial charge in [-0.2, -0.15) is 0 Å². The van der Waals surface area contributed by atoms with Gasteiger partial charge in [0.25, 0.3) is 11.8 Å². The Kier molecular flexibility index (Phi) is 4.87. The molecule has 2 N–H and O–H groups in total. The van der Waals surface area contributed by atoms with Gasteiger partial charge in [-0.3, -0.25) is 9.59 Å². The molecule has 110 valence electrons. The number of methoxy groups -OCH3 is 1. The van der Waals surface area contributed by atoms with Crippen molar-refractivity contribution in [2.45, 2.75) is 5.50 Å². The van der Waals surface area contributed by atoms with E-state index in [1.165, 1.54) is 13.2 Å². The number of halogens is 1. The number of rotatable bonds is 3. The van der Waals surface area contributed by atoms with E-state index >= 15 is 0 Å². The number of amides is 2. The van der Waals surface area contributed by atoms with Gasteiger partial charge in [-0.1, -0.05) is 29.4 Å². The third kappa shape index (κ3) is 3.99. The van der Waals surface area contributed by atoms with Crippen LogP contribution in [0.1, 0.15) is 10.4 Å². The zero-order chi connectivity index (χ0) is 15.4. The van der Waals surface area contributed by atoms with Crippen molar-refractivity contribution in [3.8, 4) is 0 Å². The summed E-state index contributed by atoms with van der Waals surface area (Å²) in [5, 5.41) is 5.59. The number of thioether (sulfide) groups is 1. The minimum absolute atomic E-state index is 0.179. The smallest absolute Gasteiger partial charge is 0.331 e. The van der Waals surface area contributed by atoms with E-state index in [2.05, 4.69) is 15.4 Å². The monoisotopic (exact) mass is 326 g/mol. The van der Waals surface area contributed by atoms with Crippen LogP contribution in [0.5, 0.6) is 0 Å². The number of nitrogens with one attached hydrogen (secondary N) is 2. The third-order valence-corrected chi connectivity index (χ3v) is 3.79. The number of hydrogen-bond donors (Lipinski definition) is 2. The maximum Gasteiger partial charge on any atom is 0.331 e. The lowest BCUT2D eigenvalue weighted by Gasteiger charge is -2.11. The average Bonchev–Trinajstić information content (AvgIpc) is 2.78. The molecule has 1 heterocycles. The Bertz CT molecular complexity index is 632. The summed E-state index contributed by atoms with van der Waals surface area (Å²) in [7, 11) is 1.22. The molecule has 0 spiro atoms. The van der Waals surface area contributed by atoms with Crippen molar-refractivity contribution in [1.29, 1.82) is 0 Å². The van der Waals surface area contributed by atoms with Crippen LogP contribution in [0, 0.1) is 0 Å². The first-order valence-corrected chi connectivity index (χ1v) is 7.09. The summed E-state index contributed by atoms with van der Waals surface area (Å²) in [6.07, 6.45) is 1.07. The van der Waals surface area contributed by atoms with Gasteiger partial charge >= 0.3 is 5.97 Å². The maximum atomic E-state index is 12.0. The van der Waals surface area contributed by atoms with E-state index in [0.717, 1.165) is 17.8 Å². The molecule has 1 unspecified atom stereocenters. The van der Waals surface area contributed by atoms with Crippen molar-refractivity contribution >= 4 is 41.1 Å². The molecule has 1 fully saturated rings. The van der Waals surface area contributed by atoms with Crippen LogP contribution in [0.2, 0.25) is 5.02 Å². The van der Waals surface area contributed by atoms with Gasteiger partial charge in [0.05, 0.1) is 12.0 Å². The Morgan fingerprint density at radius 3 is 2.90 bits per heavy atom. The number of ether oxygens (including phenoxy) is 1. The van der Waals surface area contributed by atoms with Crippen LogP contribution in [-0.4, -0.2) is 30.4 Å². The van der Waals surface area contributed by atoms with Crippen molar-refractivity contribution in [2.75, 3.05) is 7.11 Å². The number of esters is 1. The molecular formula is C13H11ClN2O4S. The summed E-state index contributed by atoms with van der Waals surface area (Å²) in [5.41, 5.74) is -0.275. The van der Waals surface area contributed by atoms with E-state index in [9.17, 15) is 14.4 Å². The molecule has 1 saturated heterocycles. The maximum absolute atomic E-state index is 12.0. The van der Waals surface area contributed by atoms with E-state index in [1.54, 1.807) is 18.2 Å². The van der Waals surface area contributed by atoms with Crippen molar-refractivity contribution in [2.24, 2.45) is 0 Å². The second-order valence-corrected chi connectivity index (χ2v) is 5.57. The van der Waals surface area contributed by atoms with Gasteiger partial charge in [-0.25, -0.2) is 4.79 Å². The lowest BCUT2D eigenvalue weighted by Crippen LogP contribution is -2.41. The molecule has 0 saturated carbocycles. The highest BCUT2D eigenvalue weighted by Gasteiger charge is 2.29. The fourth-order valence-corrected chi connectivity index (χ4v) is 2.67. The van der Waals surface area contributed by atoms with Gasteiger partial charge in [0.15, 0.2) is 5.50 Å². The molecule has 0 aliphatic carbocycles. The Morgan fingerprint density at radius 1 is 1.48 bits per heavy atom. The predicted octanol–water partition coefficient (Wildman–Crippen LogP) is 1.27. The highest BCUT2D eigenvalue weighted by atomic mass is 35.5. The van der Waals surface area contributed by atoms with Crippen molar-refractivity contribution in [3.05, 3.63) is 45.8 Å². The zero-order valence-electron chi connectivity index (χ0n) is 10.9. The minimum atomic E-state index is -0.653. The topological polar surface area (TPSA) is 84.5 Å². The van der Waals surface area contributed by atoms with Crippen molar-refractivity contribution < 1.29 is 19.1 Å². The van der Waals surface area contributed by atoms with E-state index in [4.69, 9.17) is 11.6 Å². The quantitative estimate of drug-likeness (QED) is 0.645. The normalized spacial score (nSPS) is 19.2. The Labute approximate surface area is 129 Å². The van der Waals surface area contributed by atoms with Gasteiger partial charge in [0.2, 0.25) is 0 Å². The summed E-state index contributed by atoms with van der Waals surface area (Å²) in [5.74, 6) is -1.45. The van der Waals surface area contributed by atoms with Crippen molar-refractivity contribution in [3.63, 3.8) is 0 Å². The first kappa shape index (κ1) is 15.4. The van der Waals surface area contributed by atoms with Crippen LogP contribution in [-0.2, 0) is 14.3 Å². The second-order valence-electron chi connectivity index (χ2n) is 3.99. The Hall–Kier alpha value is -1.99. The Balaban J connectivity index is 2.02. The largest absolute Gasteiger partial charge is 0.466 e. The molecule has 1 aromatic rings. The van der Waals surface area contributed by atoms with E-state index in [1.807, 2.05) is 0 Å². The highest BCUT2D eigenvalue weighted by molar-refractivity contribution is 8.05. The molecule has 0 radical (unpaired) electrons. The number of benzene rings is 1. The van der Waals surface area contributed by atoms with Crippen LogP contribution >= 0.6 is 23.4 Å². The predicted molar refractivity (Wildman–Crippen MR) is 78.5 cm³/mol. The molecule has 8 heteroatoms. The molecular weight excluding hydrogens is 316 g/mol. The first-order valence-electron chi connectivity index (χ1n) is 5.83. The van der Waals surface area contributed by atoms with E-state index in [-0.39, 0.29) is 10.8 Å². The molecule has 6 nitrogen and oxygen atoms in total. The summed E-state index contributed by atoms with van der Waals surface area (Å²) < 4.78 is 4.45. The zero-order valence-corrected chi connectivity index (χ0v) is 12.5. The van der Waals surface area contributed by atoms with Crippen LogP contribution < -0.4 is 10.6 Å². The van der Waals surface area contributed by atoms with Gasteiger partial charge < -0.3 is 15.4 Å². The van der Waals surface area contributed by atoms with E-state index in [0.29, 0.717) is 10.6 Å². The minimum Gasteiger partial charge on any atom is -0.466 e. The van der Waals surface area contributed by atoms with Crippen molar-refractivity contribution in [1.82, 2.24) is 10.6 Å². The molecule has 1 atom stereocenters. The third-order valence-electron chi connectivity index (χ3n) is 2.53. The molecule has 2 amide bonds. The first-order chi connectivity index (χ1) is 9.99. The lowest BCUT2D eigenvalue weighted by molar-refractivity contribution is -0.135. The number of hydrogen-bond acceptors (Lipinski definition) is 5. The van der Waals surface area contributed by atoms with Crippen LogP contribution in [0.3, 0.4) is 0 Å². The summed E-state index contributed by atoms with van der Waals surface area (Å²) in [6, 6.07) is 6.43. The molecule has 21 heavy (non-hydrogen) atoms. The number of carbonyl (C=O) groups is 3. The standard InChI is InChI=1S/C13H11ClN2O4S/c1-20-10(17)6-9-12(19)16-13(21-9)15-11(18)7-3-2-4-8(14)5-7/h2-6,13H,1H3,(H,15,18)(H,16,19). The molecule has 1 aliphatic rings. The second kappa shape index (κ2) is 6.64. The fourth-order valence-electron chi connectivity index (χ4n) is 1.56. The SMILES string of the molecule is COC(=O)C=C1SC(NC(=O)c2cccc(Cl)c2)NC1=O. The summed E-state index contributed by atoms with van der Waals surface area (Å²) >= 11 is 6.83. The van der Waals surface area contributed by atoms with E-state index < -0.39 is 17.4 Å². The summed E-state index contributed by atoms with van der Waals surface area (Å²) in [4.78, 5) is 34.9. The lowest BCUT2D eigenvalue weighted by atomic mass is 10.2. The molecule has 1 aromatic carbocycles. The highest BCUT2D eigenvalue weighted by Crippen LogP contribution is 2.26. The fraction of sp³-hybridized carbons (Fsp3) is 0.154. The molecule has 2 rings (SSSR count). The molecule has 1 aliphatic heterocycles. The van der Waals surface area contributed by atoms with Gasteiger partial charge in [-0.15, -0.1) is 0 Å². The average molecular weight is 327 g/mol. The van der Waals surface area contributed by atoms with Gasteiger partial charge in [0.1, 0.15) is 0 Å². The summed E-state index contributed by atoms with van der Waals surface area (Å²) in [6.45, 7) is 0. The molecule has 0 bridgehead atoms. The van der Waals surface area contributed by atoms with Gasteiger partial charge in [-0.05, 0) is 18.2 Å².